The fourth-order valence-corrected chi connectivity index (χ4v) is 2.17. The third-order valence-corrected chi connectivity index (χ3v) is 3.22. The van der Waals surface area contributed by atoms with Crippen molar-refractivity contribution in [3.8, 4) is 0 Å². The Hall–Kier alpha value is -1.80. The van der Waals surface area contributed by atoms with Gasteiger partial charge in [0.15, 0.2) is 12.7 Å². The van der Waals surface area contributed by atoms with Gasteiger partial charge in [-0.1, -0.05) is 35.9 Å². The van der Waals surface area contributed by atoms with Crippen LogP contribution in [-0.2, 0) is 6.54 Å². The molecule has 0 bridgehead atoms. The lowest BCUT2D eigenvalue weighted by Crippen LogP contribution is -2.39. The van der Waals surface area contributed by atoms with E-state index < -0.39 is 0 Å². The molecule has 0 fully saturated rings. The molecule has 3 aromatic rings. The van der Waals surface area contributed by atoms with Crippen LogP contribution in [0.5, 0.6) is 0 Å². The number of benzene rings is 1. The van der Waals surface area contributed by atoms with E-state index in [0.717, 1.165) is 17.1 Å². The summed E-state index contributed by atoms with van der Waals surface area (Å²) in [6, 6.07) is 16.2. The molecule has 0 aliphatic carbocycles. The summed E-state index contributed by atoms with van der Waals surface area (Å²) in [5.74, 6) is 0. The summed E-state index contributed by atoms with van der Waals surface area (Å²) in [7, 11) is 0. The Kier molecular flexibility index (Phi) is 2.57. The average Bonchev–Trinajstić information content (AvgIpc) is 2.76. The number of rotatable bonds is 2. The number of halogens is 1. The van der Waals surface area contributed by atoms with E-state index >= 15 is 0 Å². The molecule has 3 rings (SSSR count). The van der Waals surface area contributed by atoms with Gasteiger partial charge in [0.25, 0.3) is 0 Å². The van der Waals surface area contributed by atoms with Crippen LogP contribution in [0, 0.1) is 0 Å². The summed E-state index contributed by atoms with van der Waals surface area (Å²) in [4.78, 5) is 0. The maximum absolute atomic E-state index is 6.17. The van der Waals surface area contributed by atoms with Crippen molar-refractivity contribution in [1.29, 1.82) is 0 Å². The molecular formula is C14H12ClN2+. The first-order valence-corrected chi connectivity index (χ1v) is 5.91. The van der Waals surface area contributed by atoms with Crippen molar-refractivity contribution >= 4 is 17.1 Å². The summed E-state index contributed by atoms with van der Waals surface area (Å²) >= 11 is 6.17. The maximum Gasteiger partial charge on any atom is 0.199 e. The number of pyridine rings is 1. The number of nitrogens with zero attached hydrogens (tertiary/aromatic N) is 2. The normalized spacial score (nSPS) is 10.9. The van der Waals surface area contributed by atoms with E-state index in [1.807, 2.05) is 36.5 Å². The van der Waals surface area contributed by atoms with Gasteiger partial charge in [-0.15, -0.1) is 9.20 Å². The molecule has 0 aliphatic rings. The molecule has 0 spiro atoms. The summed E-state index contributed by atoms with van der Waals surface area (Å²) in [5, 5.41) is 0.811. The Morgan fingerprint density at radius 2 is 1.82 bits per heavy atom. The number of aromatic nitrogens is 2. The van der Waals surface area contributed by atoms with Gasteiger partial charge >= 0.3 is 0 Å². The van der Waals surface area contributed by atoms with Gasteiger partial charge in [0.2, 0.25) is 0 Å². The van der Waals surface area contributed by atoms with Crippen LogP contribution in [0.15, 0.2) is 60.9 Å². The molecule has 0 amide bonds. The van der Waals surface area contributed by atoms with Crippen molar-refractivity contribution in [1.82, 2.24) is 4.52 Å². The standard InChI is InChI=1S/C14H12ClN2/c15-14-7-2-1-5-12(14)11-16-10-8-13-6-3-4-9-17(13)16/h1-10H,11H2/q+1. The van der Waals surface area contributed by atoms with Gasteiger partial charge in [-0.2, -0.15) is 0 Å². The van der Waals surface area contributed by atoms with Crippen LogP contribution in [0.25, 0.3) is 5.52 Å². The van der Waals surface area contributed by atoms with E-state index in [2.05, 4.69) is 33.6 Å². The minimum atomic E-state index is 0.776. The minimum Gasteiger partial charge on any atom is -0.128 e. The molecular weight excluding hydrogens is 232 g/mol. The molecule has 17 heavy (non-hydrogen) atoms. The fraction of sp³-hybridized carbons (Fsp3) is 0.0714. The lowest BCUT2D eigenvalue weighted by atomic mass is 10.2. The lowest BCUT2D eigenvalue weighted by Gasteiger charge is -1.99. The van der Waals surface area contributed by atoms with Gasteiger partial charge in [-0.25, -0.2) is 0 Å². The second-order valence-corrected chi connectivity index (χ2v) is 4.38. The van der Waals surface area contributed by atoms with E-state index in [0.29, 0.717) is 0 Å². The minimum absolute atomic E-state index is 0.776. The fourth-order valence-electron chi connectivity index (χ4n) is 1.98. The van der Waals surface area contributed by atoms with Crippen molar-refractivity contribution < 1.29 is 4.68 Å². The monoisotopic (exact) mass is 243 g/mol. The van der Waals surface area contributed by atoms with Crippen LogP contribution in [0.2, 0.25) is 5.02 Å². The Labute approximate surface area is 105 Å². The number of fused-ring (bicyclic) bond motifs is 1. The second kappa shape index (κ2) is 4.22. The molecule has 0 aliphatic heterocycles. The number of hydrogen-bond acceptors (Lipinski definition) is 0. The van der Waals surface area contributed by atoms with Crippen LogP contribution in [0.3, 0.4) is 0 Å². The van der Waals surface area contributed by atoms with Crippen LogP contribution in [-0.4, -0.2) is 4.52 Å². The van der Waals surface area contributed by atoms with Crippen molar-refractivity contribution in [2.45, 2.75) is 6.54 Å². The van der Waals surface area contributed by atoms with E-state index in [1.54, 1.807) is 0 Å². The molecule has 2 nitrogen and oxygen atoms in total. The maximum atomic E-state index is 6.17. The summed E-state index contributed by atoms with van der Waals surface area (Å²) in [5.41, 5.74) is 2.31. The molecule has 0 saturated carbocycles. The highest BCUT2D eigenvalue weighted by molar-refractivity contribution is 6.31. The summed E-state index contributed by atoms with van der Waals surface area (Å²) in [6.07, 6.45) is 4.12. The van der Waals surface area contributed by atoms with Crippen molar-refractivity contribution in [2.24, 2.45) is 0 Å². The molecule has 84 valence electrons. The molecule has 0 atom stereocenters. The van der Waals surface area contributed by atoms with Crippen LogP contribution >= 0.6 is 11.6 Å². The zero-order valence-corrected chi connectivity index (χ0v) is 10.0. The third-order valence-electron chi connectivity index (χ3n) is 2.85. The van der Waals surface area contributed by atoms with Crippen LogP contribution in [0.4, 0.5) is 0 Å². The highest BCUT2D eigenvalue weighted by Crippen LogP contribution is 2.14. The second-order valence-electron chi connectivity index (χ2n) is 3.97. The smallest absolute Gasteiger partial charge is 0.128 e. The molecule has 0 radical (unpaired) electrons. The average molecular weight is 244 g/mol. The van der Waals surface area contributed by atoms with Gasteiger partial charge in [-0.05, 0) is 18.2 Å². The van der Waals surface area contributed by atoms with Crippen molar-refractivity contribution in [3.63, 3.8) is 0 Å². The zero-order valence-electron chi connectivity index (χ0n) is 9.25. The van der Waals surface area contributed by atoms with Crippen molar-refractivity contribution in [3.05, 3.63) is 71.5 Å². The Morgan fingerprint density at radius 3 is 2.71 bits per heavy atom. The predicted octanol–water partition coefficient (Wildman–Crippen LogP) is 2.93. The Morgan fingerprint density at radius 1 is 1.00 bits per heavy atom. The third kappa shape index (κ3) is 1.92. The number of hydrogen-bond donors (Lipinski definition) is 0. The van der Waals surface area contributed by atoms with E-state index in [1.165, 1.54) is 5.52 Å². The molecule has 0 N–H and O–H groups in total. The topological polar surface area (TPSA) is 8.29 Å². The molecule has 3 heteroatoms. The molecule has 2 aromatic heterocycles. The van der Waals surface area contributed by atoms with Gasteiger partial charge in [0.05, 0.1) is 11.2 Å². The van der Waals surface area contributed by atoms with E-state index in [9.17, 15) is 0 Å². The molecule has 2 heterocycles. The SMILES string of the molecule is Clc1ccccc1C[n+]1ccc2ccccn21. The largest absolute Gasteiger partial charge is 0.199 e. The van der Waals surface area contributed by atoms with Gasteiger partial charge in [-0.3, -0.25) is 0 Å². The first-order chi connectivity index (χ1) is 8.34. The first kappa shape index (κ1) is 10.4. The van der Waals surface area contributed by atoms with Crippen molar-refractivity contribution in [2.75, 3.05) is 0 Å². The lowest BCUT2D eigenvalue weighted by molar-refractivity contribution is -0.752. The zero-order chi connectivity index (χ0) is 11.7. The molecule has 0 unspecified atom stereocenters. The van der Waals surface area contributed by atoms with Gasteiger partial charge in [0.1, 0.15) is 5.52 Å². The summed E-state index contributed by atoms with van der Waals surface area (Å²) < 4.78 is 4.25. The highest BCUT2D eigenvalue weighted by Gasteiger charge is 2.10. The van der Waals surface area contributed by atoms with E-state index in [-0.39, 0.29) is 0 Å². The highest BCUT2D eigenvalue weighted by atomic mass is 35.5. The van der Waals surface area contributed by atoms with Gasteiger partial charge in [0, 0.05) is 11.6 Å². The van der Waals surface area contributed by atoms with Crippen LogP contribution < -0.4 is 4.68 Å². The first-order valence-electron chi connectivity index (χ1n) is 5.54. The molecule has 1 aromatic carbocycles. The predicted molar refractivity (Wildman–Crippen MR) is 68.1 cm³/mol. The van der Waals surface area contributed by atoms with E-state index in [4.69, 9.17) is 11.6 Å². The quantitative estimate of drug-likeness (QED) is 0.612. The van der Waals surface area contributed by atoms with Crippen LogP contribution in [0.1, 0.15) is 5.56 Å². The summed E-state index contributed by atoms with van der Waals surface area (Å²) in [6.45, 7) is 0.776. The molecule has 0 saturated heterocycles. The van der Waals surface area contributed by atoms with Gasteiger partial charge < -0.3 is 0 Å². The Bertz CT molecular complexity index is 658. The Balaban J connectivity index is 2.03.